The van der Waals surface area contributed by atoms with Crippen molar-refractivity contribution >= 4 is 15.8 Å². The maximum Gasteiger partial charge on any atom is 0.246 e. The maximum absolute atomic E-state index is 12.0. The van der Waals surface area contributed by atoms with Crippen molar-refractivity contribution in [1.82, 2.24) is 14.5 Å². The van der Waals surface area contributed by atoms with Gasteiger partial charge in [0, 0.05) is 25.9 Å². The molecular weight excluding hydrogens is 244 g/mol. The Morgan fingerprint density at radius 2 is 2.29 bits per heavy atom. The molecule has 7 nitrogen and oxygen atoms in total. The fourth-order valence-corrected chi connectivity index (χ4v) is 2.93. The Bertz CT molecular complexity index is 469. The number of nitrogens with one attached hydrogen (secondary N) is 1. The van der Waals surface area contributed by atoms with Gasteiger partial charge in [0.25, 0.3) is 0 Å². The van der Waals surface area contributed by atoms with E-state index in [-0.39, 0.29) is 23.4 Å². The van der Waals surface area contributed by atoms with Crippen LogP contribution < -0.4 is 10.5 Å². The summed E-state index contributed by atoms with van der Waals surface area (Å²) in [5, 5.41) is 12.6. The Labute approximate surface area is 101 Å². The van der Waals surface area contributed by atoms with Gasteiger partial charge in [-0.3, -0.25) is 4.68 Å². The lowest BCUT2D eigenvalue weighted by Gasteiger charge is -2.15. The molecule has 4 N–H and O–H groups in total. The van der Waals surface area contributed by atoms with Crippen LogP contribution in [0.25, 0.3) is 0 Å². The van der Waals surface area contributed by atoms with E-state index < -0.39 is 10.0 Å². The third-order valence-electron chi connectivity index (χ3n) is 2.40. The van der Waals surface area contributed by atoms with Gasteiger partial charge in [0.1, 0.15) is 4.90 Å². The van der Waals surface area contributed by atoms with Gasteiger partial charge in [-0.15, -0.1) is 0 Å². The first-order chi connectivity index (χ1) is 7.90. The largest absolute Gasteiger partial charge is 0.396 e. The number of aliphatic hydroxyl groups excluding tert-OH is 1. The SMILES string of the molecule is CCC(CCO)NS(=O)(=O)c1cn(C)nc1N. The smallest absolute Gasteiger partial charge is 0.246 e. The second-order valence-electron chi connectivity index (χ2n) is 3.79. The van der Waals surface area contributed by atoms with Crippen LogP contribution in [-0.2, 0) is 17.1 Å². The quantitative estimate of drug-likeness (QED) is 0.636. The Hall–Kier alpha value is -1.12. The molecule has 1 rings (SSSR count). The van der Waals surface area contributed by atoms with Crippen molar-refractivity contribution < 1.29 is 13.5 Å². The van der Waals surface area contributed by atoms with E-state index in [2.05, 4.69) is 9.82 Å². The number of nitrogens with zero attached hydrogens (tertiary/aromatic N) is 2. The van der Waals surface area contributed by atoms with Crippen molar-refractivity contribution in [3.63, 3.8) is 0 Å². The van der Waals surface area contributed by atoms with E-state index in [0.29, 0.717) is 12.8 Å². The minimum Gasteiger partial charge on any atom is -0.396 e. The fraction of sp³-hybridized carbons (Fsp3) is 0.667. The summed E-state index contributed by atoms with van der Waals surface area (Å²) in [6.07, 6.45) is 2.32. The molecule has 8 heteroatoms. The van der Waals surface area contributed by atoms with Crippen LogP contribution in [0.2, 0.25) is 0 Å². The highest BCUT2D eigenvalue weighted by Crippen LogP contribution is 2.16. The molecule has 0 saturated carbocycles. The zero-order chi connectivity index (χ0) is 13.1. The van der Waals surface area contributed by atoms with Gasteiger partial charge in [-0.25, -0.2) is 13.1 Å². The number of anilines is 1. The minimum atomic E-state index is -3.67. The van der Waals surface area contributed by atoms with Crippen molar-refractivity contribution in [3.05, 3.63) is 6.20 Å². The molecule has 0 aromatic carbocycles. The number of sulfonamides is 1. The highest BCUT2D eigenvalue weighted by Gasteiger charge is 2.23. The van der Waals surface area contributed by atoms with Crippen molar-refractivity contribution in [1.29, 1.82) is 0 Å². The van der Waals surface area contributed by atoms with E-state index in [9.17, 15) is 8.42 Å². The van der Waals surface area contributed by atoms with Gasteiger partial charge in [-0.1, -0.05) is 6.92 Å². The first-order valence-electron chi connectivity index (χ1n) is 5.33. The Morgan fingerprint density at radius 1 is 1.65 bits per heavy atom. The molecule has 1 heterocycles. The molecule has 0 spiro atoms. The topological polar surface area (TPSA) is 110 Å². The number of aliphatic hydroxyl groups is 1. The molecule has 0 aliphatic rings. The summed E-state index contributed by atoms with van der Waals surface area (Å²) in [5.74, 6) is -0.0288. The predicted octanol–water partition coefficient (Wildman–Crippen LogP) is -0.558. The fourth-order valence-electron chi connectivity index (χ4n) is 1.48. The van der Waals surface area contributed by atoms with Gasteiger partial charge in [-0.05, 0) is 12.8 Å². The molecule has 0 aliphatic carbocycles. The van der Waals surface area contributed by atoms with E-state index in [4.69, 9.17) is 10.8 Å². The first-order valence-corrected chi connectivity index (χ1v) is 6.81. The molecule has 1 unspecified atom stereocenters. The zero-order valence-corrected chi connectivity index (χ0v) is 10.7. The standard InChI is InChI=1S/C9H18N4O3S/c1-3-7(4-5-14)12-17(15,16)8-6-13(2)11-9(8)10/h6-7,12,14H,3-5H2,1-2H3,(H2,10,11). The summed E-state index contributed by atoms with van der Waals surface area (Å²) in [7, 11) is -2.08. The van der Waals surface area contributed by atoms with E-state index in [1.165, 1.54) is 10.9 Å². The Morgan fingerprint density at radius 3 is 2.71 bits per heavy atom. The number of hydrogen-bond acceptors (Lipinski definition) is 5. The lowest BCUT2D eigenvalue weighted by atomic mass is 10.2. The number of aryl methyl sites for hydroxylation is 1. The summed E-state index contributed by atoms with van der Waals surface area (Å²) >= 11 is 0. The molecule has 0 bridgehead atoms. The van der Waals surface area contributed by atoms with Crippen molar-refractivity contribution in [3.8, 4) is 0 Å². The van der Waals surface area contributed by atoms with Gasteiger partial charge < -0.3 is 10.8 Å². The van der Waals surface area contributed by atoms with Crippen LogP contribution in [0.5, 0.6) is 0 Å². The first kappa shape index (κ1) is 13.9. The summed E-state index contributed by atoms with van der Waals surface area (Å²) in [5.41, 5.74) is 5.52. The number of aromatic nitrogens is 2. The van der Waals surface area contributed by atoms with Crippen molar-refractivity contribution in [2.75, 3.05) is 12.3 Å². The van der Waals surface area contributed by atoms with Gasteiger partial charge >= 0.3 is 0 Å². The average molecular weight is 262 g/mol. The third-order valence-corrected chi connectivity index (χ3v) is 3.94. The van der Waals surface area contributed by atoms with Crippen LogP contribution in [0.3, 0.4) is 0 Å². The Balaban J connectivity index is 2.92. The number of nitrogen functional groups attached to an aromatic ring is 1. The second kappa shape index (κ2) is 5.48. The maximum atomic E-state index is 12.0. The summed E-state index contributed by atoms with van der Waals surface area (Å²) in [6, 6.07) is -0.301. The molecule has 17 heavy (non-hydrogen) atoms. The third kappa shape index (κ3) is 3.42. The van der Waals surface area contributed by atoms with E-state index in [1.807, 2.05) is 6.92 Å². The van der Waals surface area contributed by atoms with Crippen molar-refractivity contribution in [2.24, 2.45) is 7.05 Å². The number of hydrogen-bond donors (Lipinski definition) is 3. The van der Waals surface area contributed by atoms with Crippen LogP contribution in [0.1, 0.15) is 19.8 Å². The van der Waals surface area contributed by atoms with Gasteiger partial charge in [0.05, 0.1) is 0 Å². The van der Waals surface area contributed by atoms with E-state index in [0.717, 1.165) is 0 Å². The summed E-state index contributed by atoms with van der Waals surface area (Å²) in [4.78, 5) is -0.0311. The molecule has 0 fully saturated rings. The highest BCUT2D eigenvalue weighted by molar-refractivity contribution is 7.89. The lowest BCUT2D eigenvalue weighted by molar-refractivity contribution is 0.270. The molecule has 0 amide bonds. The molecule has 98 valence electrons. The van der Waals surface area contributed by atoms with Gasteiger partial charge in [0.2, 0.25) is 10.0 Å². The second-order valence-corrected chi connectivity index (χ2v) is 5.47. The van der Waals surface area contributed by atoms with Gasteiger partial charge in [-0.2, -0.15) is 5.10 Å². The monoisotopic (exact) mass is 262 g/mol. The highest BCUT2D eigenvalue weighted by atomic mass is 32.2. The molecular formula is C9H18N4O3S. The minimum absolute atomic E-state index is 0.0288. The molecule has 0 aliphatic heterocycles. The van der Waals surface area contributed by atoms with Crippen LogP contribution in [0.15, 0.2) is 11.1 Å². The van der Waals surface area contributed by atoms with Crippen LogP contribution in [0.4, 0.5) is 5.82 Å². The van der Waals surface area contributed by atoms with E-state index >= 15 is 0 Å². The average Bonchev–Trinajstić information content (AvgIpc) is 2.57. The van der Waals surface area contributed by atoms with Crippen LogP contribution >= 0.6 is 0 Å². The van der Waals surface area contributed by atoms with Gasteiger partial charge in [0.15, 0.2) is 5.82 Å². The van der Waals surface area contributed by atoms with Crippen LogP contribution in [0, 0.1) is 0 Å². The Kier molecular flexibility index (Phi) is 4.49. The lowest BCUT2D eigenvalue weighted by Crippen LogP contribution is -2.35. The van der Waals surface area contributed by atoms with Crippen LogP contribution in [-0.4, -0.2) is 36.0 Å². The summed E-state index contributed by atoms with van der Waals surface area (Å²) in [6.45, 7) is 1.78. The number of nitrogens with two attached hydrogens (primary N) is 1. The molecule has 1 atom stereocenters. The molecule has 0 radical (unpaired) electrons. The molecule has 1 aromatic rings. The zero-order valence-electron chi connectivity index (χ0n) is 9.92. The number of rotatable bonds is 6. The summed E-state index contributed by atoms with van der Waals surface area (Å²) < 4.78 is 27.8. The predicted molar refractivity (Wildman–Crippen MR) is 63.7 cm³/mol. The molecule has 1 aromatic heterocycles. The molecule has 0 saturated heterocycles. The van der Waals surface area contributed by atoms with Crippen molar-refractivity contribution in [2.45, 2.75) is 30.7 Å². The normalized spacial score (nSPS) is 13.8. The van der Waals surface area contributed by atoms with E-state index in [1.54, 1.807) is 7.05 Å².